The fourth-order valence-corrected chi connectivity index (χ4v) is 3.20. The van der Waals surface area contributed by atoms with Gasteiger partial charge in [-0.25, -0.2) is 0 Å². The molecule has 0 fully saturated rings. The van der Waals surface area contributed by atoms with Crippen molar-refractivity contribution in [3.8, 4) is 0 Å². The normalized spacial score (nSPS) is 16.9. The molecule has 0 radical (unpaired) electrons. The number of carbonyl (C=O) groups excluding carboxylic acids is 1. The van der Waals surface area contributed by atoms with Gasteiger partial charge in [0.05, 0.1) is 0 Å². The van der Waals surface area contributed by atoms with Crippen molar-refractivity contribution >= 4 is 33.0 Å². The molecule has 1 nitrogen and oxygen atoms in total. The molecule has 14 heavy (non-hydrogen) atoms. The molecule has 1 aliphatic rings. The number of thiophene rings is 1. The lowest BCUT2D eigenvalue weighted by atomic mass is 9.96. The zero-order valence-electron chi connectivity index (χ0n) is 7.75. The van der Waals surface area contributed by atoms with Gasteiger partial charge in [0, 0.05) is 22.2 Å². The first-order valence-electron chi connectivity index (χ1n) is 4.70. The minimum absolute atomic E-state index is 0.291. The predicted octanol–water partition coefficient (Wildman–Crippen LogP) is 3.73. The second-order valence-electron chi connectivity index (χ2n) is 3.49. The van der Waals surface area contributed by atoms with Gasteiger partial charge in [0.25, 0.3) is 0 Å². The van der Waals surface area contributed by atoms with E-state index in [1.807, 2.05) is 6.08 Å². The highest BCUT2D eigenvalue weighted by atomic mass is 79.9. The van der Waals surface area contributed by atoms with Crippen molar-refractivity contribution in [2.24, 2.45) is 0 Å². The summed E-state index contributed by atoms with van der Waals surface area (Å²) >= 11 is 5.25. The number of allylic oxidation sites excluding steroid dienone is 2. The van der Waals surface area contributed by atoms with Gasteiger partial charge in [0.15, 0.2) is 5.78 Å². The summed E-state index contributed by atoms with van der Waals surface area (Å²) in [5, 5.41) is 2.07. The summed E-state index contributed by atoms with van der Waals surface area (Å²) in [5.74, 6) is 0.291. The van der Waals surface area contributed by atoms with E-state index in [0.717, 1.165) is 25.7 Å². The molecule has 2 rings (SSSR count). The van der Waals surface area contributed by atoms with E-state index in [4.69, 9.17) is 0 Å². The molecule has 0 aromatic carbocycles. The molecule has 3 heteroatoms. The van der Waals surface area contributed by atoms with Gasteiger partial charge in [0.2, 0.25) is 0 Å². The first-order valence-corrected chi connectivity index (χ1v) is 6.37. The van der Waals surface area contributed by atoms with E-state index in [2.05, 4.69) is 27.4 Å². The Morgan fingerprint density at radius 3 is 2.93 bits per heavy atom. The highest BCUT2D eigenvalue weighted by Gasteiger charge is 2.11. The molecular formula is C11H11BrOS. The standard InChI is InChI=1S/C11H11BrOS/c12-10-4-5-14-11(10)7-8-2-1-3-9(13)6-8/h4-6H,1-3,7H2. The third-order valence-electron chi connectivity index (χ3n) is 2.36. The third kappa shape index (κ3) is 2.34. The number of ketones is 1. The minimum atomic E-state index is 0.291. The fourth-order valence-electron chi connectivity index (χ4n) is 1.66. The first-order chi connectivity index (χ1) is 6.75. The molecule has 0 aliphatic heterocycles. The predicted molar refractivity (Wildman–Crippen MR) is 62.7 cm³/mol. The second kappa shape index (κ2) is 4.41. The van der Waals surface area contributed by atoms with Gasteiger partial charge in [-0.2, -0.15) is 0 Å². The summed E-state index contributed by atoms with van der Waals surface area (Å²) in [6.07, 6.45) is 5.60. The van der Waals surface area contributed by atoms with Crippen molar-refractivity contribution in [1.82, 2.24) is 0 Å². The molecule has 0 amide bonds. The highest BCUT2D eigenvalue weighted by Crippen LogP contribution is 2.28. The summed E-state index contributed by atoms with van der Waals surface area (Å²) in [6, 6.07) is 2.06. The maximum Gasteiger partial charge on any atom is 0.155 e. The number of halogens is 1. The third-order valence-corrected chi connectivity index (χ3v) is 4.29. The van der Waals surface area contributed by atoms with Gasteiger partial charge in [-0.15, -0.1) is 11.3 Å². The Bertz CT molecular complexity index is 378. The van der Waals surface area contributed by atoms with Gasteiger partial charge in [-0.1, -0.05) is 5.57 Å². The van der Waals surface area contributed by atoms with Gasteiger partial charge in [0.1, 0.15) is 0 Å². The van der Waals surface area contributed by atoms with Crippen LogP contribution in [0.4, 0.5) is 0 Å². The van der Waals surface area contributed by atoms with E-state index in [0.29, 0.717) is 5.78 Å². The van der Waals surface area contributed by atoms with Crippen LogP contribution in [0.25, 0.3) is 0 Å². The smallest absolute Gasteiger partial charge is 0.155 e. The van der Waals surface area contributed by atoms with E-state index < -0.39 is 0 Å². The molecule has 1 heterocycles. The molecule has 0 unspecified atom stereocenters. The molecule has 0 spiro atoms. The molecule has 74 valence electrons. The maximum atomic E-state index is 11.2. The van der Waals surface area contributed by atoms with Crippen LogP contribution in [-0.2, 0) is 11.2 Å². The number of carbonyl (C=O) groups is 1. The van der Waals surface area contributed by atoms with E-state index in [-0.39, 0.29) is 0 Å². The van der Waals surface area contributed by atoms with Gasteiger partial charge in [-0.05, 0) is 46.3 Å². The molecule has 0 saturated heterocycles. The molecule has 0 atom stereocenters. The Kier molecular flexibility index (Phi) is 3.19. The fraction of sp³-hybridized carbons (Fsp3) is 0.364. The quantitative estimate of drug-likeness (QED) is 0.801. The van der Waals surface area contributed by atoms with Gasteiger partial charge in [-0.3, -0.25) is 4.79 Å². The summed E-state index contributed by atoms with van der Waals surface area (Å²) in [6.45, 7) is 0. The Morgan fingerprint density at radius 1 is 1.43 bits per heavy atom. The van der Waals surface area contributed by atoms with Crippen molar-refractivity contribution in [3.05, 3.63) is 32.4 Å². The largest absolute Gasteiger partial charge is 0.295 e. The Balaban J connectivity index is 2.11. The van der Waals surface area contributed by atoms with Gasteiger partial charge >= 0.3 is 0 Å². The Hall–Kier alpha value is -0.410. The molecule has 0 bridgehead atoms. The van der Waals surface area contributed by atoms with E-state index >= 15 is 0 Å². The lowest BCUT2D eigenvalue weighted by molar-refractivity contribution is -0.115. The zero-order valence-corrected chi connectivity index (χ0v) is 10.2. The van der Waals surface area contributed by atoms with Crippen LogP contribution >= 0.6 is 27.3 Å². The summed E-state index contributed by atoms with van der Waals surface area (Å²) in [7, 11) is 0. The second-order valence-corrected chi connectivity index (χ2v) is 5.35. The van der Waals surface area contributed by atoms with Crippen molar-refractivity contribution in [2.45, 2.75) is 25.7 Å². The van der Waals surface area contributed by atoms with E-state index in [1.54, 1.807) is 11.3 Å². The van der Waals surface area contributed by atoms with Crippen LogP contribution < -0.4 is 0 Å². The minimum Gasteiger partial charge on any atom is -0.295 e. The van der Waals surface area contributed by atoms with Crippen molar-refractivity contribution in [3.63, 3.8) is 0 Å². The molecule has 1 aromatic rings. The Labute approximate surface area is 96.0 Å². The zero-order chi connectivity index (χ0) is 9.97. The van der Waals surface area contributed by atoms with Crippen molar-refractivity contribution in [2.75, 3.05) is 0 Å². The molecular weight excluding hydrogens is 260 g/mol. The van der Waals surface area contributed by atoms with Crippen LogP contribution in [-0.4, -0.2) is 5.78 Å². The molecule has 1 aliphatic carbocycles. The van der Waals surface area contributed by atoms with Crippen LogP contribution in [0, 0.1) is 0 Å². The average molecular weight is 271 g/mol. The van der Waals surface area contributed by atoms with Gasteiger partial charge < -0.3 is 0 Å². The first kappa shape index (κ1) is 10.1. The van der Waals surface area contributed by atoms with Crippen LogP contribution in [0.1, 0.15) is 24.1 Å². The lowest BCUT2D eigenvalue weighted by Gasteiger charge is -2.10. The van der Waals surface area contributed by atoms with Crippen LogP contribution in [0.15, 0.2) is 27.6 Å². The molecule has 0 saturated carbocycles. The molecule has 0 N–H and O–H groups in total. The van der Waals surface area contributed by atoms with Crippen LogP contribution in [0.3, 0.4) is 0 Å². The average Bonchev–Trinajstić information content (AvgIpc) is 2.52. The lowest BCUT2D eigenvalue weighted by Crippen LogP contribution is -2.04. The van der Waals surface area contributed by atoms with E-state index in [9.17, 15) is 4.79 Å². The van der Waals surface area contributed by atoms with Crippen molar-refractivity contribution in [1.29, 1.82) is 0 Å². The monoisotopic (exact) mass is 270 g/mol. The van der Waals surface area contributed by atoms with Crippen molar-refractivity contribution < 1.29 is 4.79 Å². The molecule has 1 aromatic heterocycles. The highest BCUT2D eigenvalue weighted by molar-refractivity contribution is 9.10. The summed E-state index contributed by atoms with van der Waals surface area (Å²) in [5.41, 5.74) is 1.28. The van der Waals surface area contributed by atoms with E-state index in [1.165, 1.54) is 14.9 Å². The number of hydrogen-bond donors (Lipinski definition) is 0. The van der Waals surface area contributed by atoms with Crippen LogP contribution in [0.2, 0.25) is 0 Å². The number of hydrogen-bond acceptors (Lipinski definition) is 2. The summed E-state index contributed by atoms with van der Waals surface area (Å²) in [4.78, 5) is 12.5. The SMILES string of the molecule is O=C1C=C(Cc2sccc2Br)CCC1. The number of rotatable bonds is 2. The maximum absolute atomic E-state index is 11.2. The topological polar surface area (TPSA) is 17.1 Å². The van der Waals surface area contributed by atoms with Crippen LogP contribution in [0.5, 0.6) is 0 Å². The summed E-state index contributed by atoms with van der Waals surface area (Å²) < 4.78 is 1.17. The Morgan fingerprint density at radius 2 is 2.29 bits per heavy atom.